The van der Waals surface area contributed by atoms with E-state index in [2.05, 4.69) is 5.10 Å². The quantitative estimate of drug-likeness (QED) is 0.435. The van der Waals surface area contributed by atoms with E-state index in [1.807, 2.05) is 6.92 Å². The van der Waals surface area contributed by atoms with Crippen LogP contribution in [0.5, 0.6) is 0 Å². The second-order valence-corrected chi connectivity index (χ2v) is 8.26. The number of halogens is 1. The van der Waals surface area contributed by atoms with Gasteiger partial charge in [0.15, 0.2) is 5.78 Å². The molecule has 0 spiro atoms. The smallest absolute Gasteiger partial charge is 0.430 e. The van der Waals surface area contributed by atoms with Crippen molar-refractivity contribution in [1.29, 1.82) is 0 Å². The maximum Gasteiger partial charge on any atom is 0.430 e. The third-order valence-electron chi connectivity index (χ3n) is 4.10. The van der Waals surface area contributed by atoms with E-state index >= 15 is 0 Å². The normalized spacial score (nSPS) is 21.9. The lowest BCUT2D eigenvalue weighted by Crippen LogP contribution is -2.40. The number of hydrazone groups is 1. The van der Waals surface area contributed by atoms with E-state index in [0.29, 0.717) is 12.1 Å². The van der Waals surface area contributed by atoms with Gasteiger partial charge in [0.1, 0.15) is 17.3 Å². The summed E-state index contributed by atoms with van der Waals surface area (Å²) in [4.78, 5) is 37.9. The Labute approximate surface area is 164 Å². The van der Waals surface area contributed by atoms with Gasteiger partial charge >= 0.3 is 6.09 Å². The van der Waals surface area contributed by atoms with Crippen LogP contribution in [0.15, 0.2) is 29.4 Å². The third kappa shape index (κ3) is 5.39. The number of carbonyl (C=O) groups is 3. The highest BCUT2D eigenvalue weighted by Crippen LogP contribution is 2.29. The molecule has 2 atom stereocenters. The van der Waals surface area contributed by atoms with E-state index in [9.17, 15) is 14.4 Å². The molecule has 146 valence electrons. The fourth-order valence-corrected chi connectivity index (χ4v) is 3.20. The van der Waals surface area contributed by atoms with Crippen LogP contribution in [0.25, 0.3) is 0 Å². The molecule has 1 aliphatic carbocycles. The van der Waals surface area contributed by atoms with Crippen LogP contribution in [0.4, 0.5) is 4.79 Å². The minimum absolute atomic E-state index is 0.0404. The number of amides is 1. The summed E-state index contributed by atoms with van der Waals surface area (Å²) in [6.07, 6.45) is 0.0834. The molecule has 0 saturated heterocycles. The van der Waals surface area contributed by atoms with Crippen LogP contribution >= 0.6 is 11.6 Å². The molecule has 0 bridgehead atoms. The van der Waals surface area contributed by atoms with Crippen molar-refractivity contribution in [3.8, 4) is 0 Å². The van der Waals surface area contributed by atoms with Crippen LogP contribution in [0.1, 0.15) is 50.9 Å². The van der Waals surface area contributed by atoms with Crippen molar-refractivity contribution in [3.63, 3.8) is 0 Å². The minimum Gasteiger partial charge on any atom is -0.442 e. The van der Waals surface area contributed by atoms with E-state index in [4.69, 9.17) is 16.3 Å². The predicted octanol–water partition coefficient (Wildman–Crippen LogP) is 4.36. The van der Waals surface area contributed by atoms with Crippen LogP contribution < -0.4 is 0 Å². The molecule has 1 fully saturated rings. The zero-order chi connectivity index (χ0) is 20.4. The van der Waals surface area contributed by atoms with Crippen LogP contribution in [0.2, 0.25) is 5.02 Å². The zero-order valence-electron chi connectivity index (χ0n) is 16.3. The maximum atomic E-state index is 13.0. The maximum absolute atomic E-state index is 13.0. The summed E-state index contributed by atoms with van der Waals surface area (Å²) in [6, 6.07) is 6.60. The topological polar surface area (TPSA) is 76.0 Å². The summed E-state index contributed by atoms with van der Waals surface area (Å²) in [5.74, 6) is -1.60. The number of benzene rings is 1. The number of ether oxygens (including phenoxy) is 1. The van der Waals surface area contributed by atoms with Crippen molar-refractivity contribution in [1.82, 2.24) is 5.01 Å². The Kier molecular flexibility index (Phi) is 6.42. The van der Waals surface area contributed by atoms with Gasteiger partial charge < -0.3 is 4.74 Å². The van der Waals surface area contributed by atoms with Crippen molar-refractivity contribution >= 4 is 35.0 Å². The number of rotatable bonds is 3. The van der Waals surface area contributed by atoms with Crippen LogP contribution in [0.3, 0.4) is 0 Å². The molecule has 2 unspecified atom stereocenters. The molecule has 0 N–H and O–H groups in total. The van der Waals surface area contributed by atoms with Gasteiger partial charge in [-0.3, -0.25) is 9.59 Å². The van der Waals surface area contributed by atoms with E-state index < -0.39 is 23.4 Å². The van der Waals surface area contributed by atoms with Gasteiger partial charge in [0.25, 0.3) is 0 Å². The number of Topliss-reactive ketones (excluding diaryl/α,β-unsaturated/α-hetero) is 2. The highest BCUT2D eigenvalue weighted by atomic mass is 35.5. The van der Waals surface area contributed by atoms with E-state index in [1.54, 1.807) is 45.0 Å². The molecule has 0 aromatic heterocycles. The average molecular weight is 393 g/mol. The molecule has 0 radical (unpaired) electrons. The fraction of sp³-hybridized carbons (Fsp3) is 0.500. The molecule has 1 saturated carbocycles. The summed E-state index contributed by atoms with van der Waals surface area (Å²) in [5.41, 5.74) is -0.0368. The van der Waals surface area contributed by atoms with Gasteiger partial charge in [0.05, 0.1) is 10.7 Å². The van der Waals surface area contributed by atoms with Gasteiger partial charge in [0, 0.05) is 19.0 Å². The molecule has 1 amide bonds. The zero-order valence-corrected chi connectivity index (χ0v) is 17.0. The molecule has 7 heteroatoms. The Morgan fingerprint density at radius 1 is 1.22 bits per heavy atom. The lowest BCUT2D eigenvalue weighted by Gasteiger charge is -2.28. The first-order chi connectivity index (χ1) is 12.5. The first kappa shape index (κ1) is 21.1. The number of nitrogens with zero attached hydrogens (tertiary/aromatic N) is 2. The molecular formula is C20H25ClN2O4. The second kappa shape index (κ2) is 8.21. The molecule has 27 heavy (non-hydrogen) atoms. The number of carbonyl (C=O) groups excluding carboxylic acids is 3. The van der Waals surface area contributed by atoms with Crippen LogP contribution in [-0.2, 0) is 9.53 Å². The summed E-state index contributed by atoms with van der Waals surface area (Å²) in [6.45, 7) is 7.17. The predicted molar refractivity (Wildman–Crippen MR) is 104 cm³/mol. The summed E-state index contributed by atoms with van der Waals surface area (Å²) in [7, 11) is 1.45. The van der Waals surface area contributed by atoms with E-state index in [1.165, 1.54) is 7.05 Å². The fourth-order valence-electron chi connectivity index (χ4n) is 2.97. The monoisotopic (exact) mass is 392 g/mol. The number of ketones is 2. The molecule has 0 aliphatic heterocycles. The molecular weight excluding hydrogens is 368 g/mol. The molecule has 2 rings (SSSR count). The Morgan fingerprint density at radius 2 is 1.85 bits per heavy atom. The number of hydrogen-bond donors (Lipinski definition) is 0. The van der Waals surface area contributed by atoms with Crippen molar-refractivity contribution in [2.75, 3.05) is 7.05 Å². The van der Waals surface area contributed by atoms with Gasteiger partial charge in [-0.15, -0.1) is 0 Å². The Morgan fingerprint density at radius 3 is 2.44 bits per heavy atom. The highest BCUT2D eigenvalue weighted by molar-refractivity contribution is 6.36. The Hall–Kier alpha value is -2.21. The van der Waals surface area contributed by atoms with Crippen molar-refractivity contribution in [2.24, 2.45) is 16.9 Å². The lowest BCUT2D eigenvalue weighted by molar-refractivity contribution is -0.121. The van der Waals surface area contributed by atoms with Gasteiger partial charge in [0.2, 0.25) is 0 Å². The average Bonchev–Trinajstić information content (AvgIpc) is 2.52. The van der Waals surface area contributed by atoms with Crippen LogP contribution in [0, 0.1) is 11.8 Å². The largest absolute Gasteiger partial charge is 0.442 e. The molecule has 0 heterocycles. The molecule has 1 aromatic carbocycles. The van der Waals surface area contributed by atoms with Gasteiger partial charge in [-0.2, -0.15) is 5.10 Å². The third-order valence-corrected chi connectivity index (χ3v) is 4.43. The van der Waals surface area contributed by atoms with Crippen molar-refractivity contribution < 1.29 is 19.1 Å². The number of hydrogen-bond acceptors (Lipinski definition) is 5. The lowest BCUT2D eigenvalue weighted by atomic mass is 9.77. The van der Waals surface area contributed by atoms with Crippen LogP contribution in [-0.4, -0.2) is 41.0 Å². The van der Waals surface area contributed by atoms with Gasteiger partial charge in [-0.05, 0) is 45.2 Å². The standard InChI is InChI=1S/C20H25ClN2O4/c1-12-10-15(22-23(5)19(26)27-20(2,3)4)17(16(24)11-12)18(25)13-8-6-7-9-14(13)21/h6-9,12,17H,10-11H2,1-5H3/b22-15-. The first-order valence-corrected chi connectivity index (χ1v) is 9.23. The Balaban J connectivity index is 2.35. The summed E-state index contributed by atoms with van der Waals surface area (Å²) >= 11 is 6.13. The molecule has 1 aliphatic rings. The van der Waals surface area contributed by atoms with E-state index in [0.717, 1.165) is 5.01 Å². The first-order valence-electron chi connectivity index (χ1n) is 8.85. The highest BCUT2D eigenvalue weighted by Gasteiger charge is 2.39. The molecule has 1 aromatic rings. The van der Waals surface area contributed by atoms with Crippen molar-refractivity contribution in [2.45, 2.75) is 46.1 Å². The van der Waals surface area contributed by atoms with Gasteiger partial charge in [-0.25, -0.2) is 9.80 Å². The SMILES string of the molecule is CC1CC(=O)C(C(=O)c2ccccc2Cl)/C(=N\N(C)C(=O)OC(C)(C)C)C1. The molecule has 6 nitrogen and oxygen atoms in total. The second-order valence-electron chi connectivity index (χ2n) is 7.85. The minimum atomic E-state index is -1.04. The van der Waals surface area contributed by atoms with E-state index in [-0.39, 0.29) is 28.7 Å². The van der Waals surface area contributed by atoms with Crippen molar-refractivity contribution in [3.05, 3.63) is 34.9 Å². The summed E-state index contributed by atoms with van der Waals surface area (Å²) in [5, 5.41) is 5.60. The summed E-state index contributed by atoms with van der Waals surface area (Å²) < 4.78 is 5.28. The van der Waals surface area contributed by atoms with Gasteiger partial charge in [-0.1, -0.05) is 30.7 Å². The Bertz CT molecular complexity index is 782.